The monoisotopic (exact) mass is 268 g/mol. The molecule has 0 saturated carbocycles. The third-order valence-corrected chi connectivity index (χ3v) is 3.10. The van der Waals surface area contributed by atoms with E-state index in [0.29, 0.717) is 10.0 Å². The van der Waals surface area contributed by atoms with Crippen LogP contribution in [-0.4, -0.2) is 9.97 Å². The van der Waals surface area contributed by atoms with Crippen molar-refractivity contribution in [3.05, 3.63) is 58.1 Å². The molecule has 0 aliphatic rings. The van der Waals surface area contributed by atoms with E-state index in [9.17, 15) is 0 Å². The van der Waals surface area contributed by atoms with E-state index < -0.39 is 0 Å². The average molecular weight is 269 g/mol. The summed E-state index contributed by atoms with van der Waals surface area (Å²) >= 11 is 11.8. The van der Waals surface area contributed by atoms with E-state index >= 15 is 0 Å². The zero-order valence-electron chi connectivity index (χ0n) is 8.77. The van der Waals surface area contributed by atoms with Crippen molar-refractivity contribution in [2.45, 2.75) is 6.04 Å². The van der Waals surface area contributed by atoms with Crippen LogP contribution >= 0.6 is 23.2 Å². The number of hydrogen-bond acceptors (Lipinski definition) is 4. The smallest absolute Gasteiger partial charge is 0.115 e. The lowest BCUT2D eigenvalue weighted by atomic mass is 10.0. The van der Waals surface area contributed by atoms with Crippen molar-refractivity contribution in [1.82, 2.24) is 15.4 Å². The molecular formula is C11H10Cl2N4. The molecule has 88 valence electrons. The number of benzene rings is 1. The van der Waals surface area contributed by atoms with E-state index in [1.165, 1.54) is 6.33 Å². The number of rotatable bonds is 3. The van der Waals surface area contributed by atoms with Gasteiger partial charge in [0.2, 0.25) is 0 Å². The Kier molecular flexibility index (Phi) is 3.91. The summed E-state index contributed by atoms with van der Waals surface area (Å²) in [6, 6.07) is 5.13. The van der Waals surface area contributed by atoms with Gasteiger partial charge in [-0.05, 0) is 17.7 Å². The Balaban J connectivity index is 2.39. The van der Waals surface area contributed by atoms with Crippen LogP contribution in [0.15, 0.2) is 36.9 Å². The first-order valence-electron chi connectivity index (χ1n) is 4.88. The molecule has 2 aromatic rings. The van der Waals surface area contributed by atoms with Crippen LogP contribution in [0.1, 0.15) is 17.2 Å². The Morgan fingerprint density at radius 1 is 1.06 bits per heavy atom. The highest BCUT2D eigenvalue weighted by Gasteiger charge is 2.13. The zero-order valence-corrected chi connectivity index (χ0v) is 10.3. The number of aromatic nitrogens is 2. The maximum Gasteiger partial charge on any atom is 0.115 e. The van der Waals surface area contributed by atoms with Crippen LogP contribution < -0.4 is 11.3 Å². The first-order chi connectivity index (χ1) is 8.22. The summed E-state index contributed by atoms with van der Waals surface area (Å²) < 4.78 is 0. The van der Waals surface area contributed by atoms with Crippen LogP contribution in [0.3, 0.4) is 0 Å². The molecule has 1 atom stereocenters. The molecule has 0 aliphatic heterocycles. The molecule has 1 aromatic carbocycles. The van der Waals surface area contributed by atoms with Gasteiger partial charge in [-0.1, -0.05) is 29.3 Å². The molecule has 0 aliphatic carbocycles. The van der Waals surface area contributed by atoms with Gasteiger partial charge in [0.1, 0.15) is 6.33 Å². The fourth-order valence-corrected chi connectivity index (χ4v) is 1.84. The summed E-state index contributed by atoms with van der Waals surface area (Å²) in [7, 11) is 0. The molecule has 17 heavy (non-hydrogen) atoms. The van der Waals surface area contributed by atoms with Crippen LogP contribution in [0.5, 0.6) is 0 Å². The Bertz CT molecular complexity index is 504. The molecule has 0 fully saturated rings. The standard InChI is InChI=1S/C11H10Cl2N4/c12-9-2-1-7(3-10(9)13)11(17-14)8-4-15-6-16-5-8/h1-6,11,17H,14H2. The van der Waals surface area contributed by atoms with Gasteiger partial charge in [0.15, 0.2) is 0 Å². The Hall–Kier alpha value is -1.20. The summed E-state index contributed by atoms with van der Waals surface area (Å²) in [5, 5.41) is 0.997. The SMILES string of the molecule is NNC(c1cncnc1)c1ccc(Cl)c(Cl)c1. The third kappa shape index (κ3) is 2.73. The molecule has 1 aromatic heterocycles. The van der Waals surface area contributed by atoms with Crippen molar-refractivity contribution in [1.29, 1.82) is 0 Å². The van der Waals surface area contributed by atoms with Crippen LogP contribution in [0, 0.1) is 0 Å². The van der Waals surface area contributed by atoms with Crippen molar-refractivity contribution in [3.8, 4) is 0 Å². The highest BCUT2D eigenvalue weighted by atomic mass is 35.5. The van der Waals surface area contributed by atoms with Gasteiger partial charge < -0.3 is 0 Å². The van der Waals surface area contributed by atoms with E-state index in [0.717, 1.165) is 11.1 Å². The summed E-state index contributed by atoms with van der Waals surface area (Å²) in [6.07, 6.45) is 4.85. The fourth-order valence-electron chi connectivity index (χ4n) is 1.54. The zero-order chi connectivity index (χ0) is 12.3. The number of nitrogens with two attached hydrogens (primary N) is 1. The largest absolute Gasteiger partial charge is 0.271 e. The first kappa shape index (κ1) is 12.3. The summed E-state index contributed by atoms with van der Waals surface area (Å²) in [6.45, 7) is 0. The van der Waals surface area contributed by atoms with Crippen LogP contribution in [0.2, 0.25) is 10.0 Å². The summed E-state index contributed by atoms with van der Waals surface area (Å²) in [5.41, 5.74) is 4.45. The Labute approximate surface area is 109 Å². The quantitative estimate of drug-likeness (QED) is 0.663. The van der Waals surface area contributed by atoms with Gasteiger partial charge in [0, 0.05) is 18.0 Å². The van der Waals surface area contributed by atoms with E-state index in [-0.39, 0.29) is 6.04 Å². The third-order valence-electron chi connectivity index (χ3n) is 2.36. The second-order valence-corrected chi connectivity index (χ2v) is 4.26. The van der Waals surface area contributed by atoms with Gasteiger partial charge in [0.25, 0.3) is 0 Å². The van der Waals surface area contributed by atoms with E-state index in [1.54, 1.807) is 24.5 Å². The van der Waals surface area contributed by atoms with E-state index in [4.69, 9.17) is 29.0 Å². The van der Waals surface area contributed by atoms with Crippen molar-refractivity contribution >= 4 is 23.2 Å². The highest BCUT2D eigenvalue weighted by Crippen LogP contribution is 2.27. The van der Waals surface area contributed by atoms with Crippen molar-refractivity contribution in [2.75, 3.05) is 0 Å². The lowest BCUT2D eigenvalue weighted by Gasteiger charge is -2.16. The van der Waals surface area contributed by atoms with Crippen LogP contribution in [-0.2, 0) is 0 Å². The van der Waals surface area contributed by atoms with Gasteiger partial charge in [0.05, 0.1) is 16.1 Å². The summed E-state index contributed by atoms with van der Waals surface area (Å²) in [5.74, 6) is 5.54. The molecule has 6 heteroatoms. The predicted octanol–water partition coefficient (Wildman–Crippen LogP) is 2.34. The molecule has 3 N–H and O–H groups in total. The van der Waals surface area contributed by atoms with Crippen LogP contribution in [0.25, 0.3) is 0 Å². The van der Waals surface area contributed by atoms with Gasteiger partial charge in [-0.25, -0.2) is 15.4 Å². The second kappa shape index (κ2) is 5.42. The molecule has 2 rings (SSSR count). The molecule has 1 unspecified atom stereocenters. The molecule has 0 saturated heterocycles. The molecule has 0 amide bonds. The molecule has 0 bridgehead atoms. The molecule has 1 heterocycles. The molecule has 0 spiro atoms. The number of nitrogens with zero attached hydrogens (tertiary/aromatic N) is 2. The van der Waals surface area contributed by atoms with Gasteiger partial charge >= 0.3 is 0 Å². The van der Waals surface area contributed by atoms with Crippen molar-refractivity contribution < 1.29 is 0 Å². The Morgan fingerprint density at radius 3 is 2.35 bits per heavy atom. The number of hydrazine groups is 1. The number of hydrogen-bond donors (Lipinski definition) is 2. The highest BCUT2D eigenvalue weighted by molar-refractivity contribution is 6.42. The van der Waals surface area contributed by atoms with Gasteiger partial charge in [-0.2, -0.15) is 0 Å². The lowest BCUT2D eigenvalue weighted by Crippen LogP contribution is -2.29. The van der Waals surface area contributed by atoms with E-state index in [2.05, 4.69) is 15.4 Å². The average Bonchev–Trinajstić information content (AvgIpc) is 2.36. The summed E-state index contributed by atoms with van der Waals surface area (Å²) in [4.78, 5) is 7.91. The molecule has 4 nitrogen and oxygen atoms in total. The minimum absolute atomic E-state index is 0.217. The number of nitrogens with one attached hydrogen (secondary N) is 1. The van der Waals surface area contributed by atoms with E-state index in [1.807, 2.05) is 6.07 Å². The minimum atomic E-state index is -0.217. The number of halogens is 2. The maximum atomic E-state index is 5.97. The van der Waals surface area contributed by atoms with Crippen molar-refractivity contribution in [3.63, 3.8) is 0 Å². The van der Waals surface area contributed by atoms with Crippen molar-refractivity contribution in [2.24, 2.45) is 5.84 Å². The maximum absolute atomic E-state index is 5.97. The predicted molar refractivity (Wildman–Crippen MR) is 67.7 cm³/mol. The molecule has 0 radical (unpaired) electrons. The molecular weight excluding hydrogens is 259 g/mol. The minimum Gasteiger partial charge on any atom is -0.271 e. The van der Waals surface area contributed by atoms with Crippen LogP contribution in [0.4, 0.5) is 0 Å². The normalized spacial score (nSPS) is 12.4. The lowest BCUT2D eigenvalue weighted by molar-refractivity contribution is 0.632. The fraction of sp³-hybridized carbons (Fsp3) is 0.0909. The topological polar surface area (TPSA) is 63.8 Å². The Morgan fingerprint density at radius 2 is 1.76 bits per heavy atom. The first-order valence-corrected chi connectivity index (χ1v) is 5.64. The second-order valence-electron chi connectivity index (χ2n) is 3.45. The van der Waals surface area contributed by atoms with Gasteiger partial charge in [-0.15, -0.1) is 0 Å². The van der Waals surface area contributed by atoms with Gasteiger partial charge in [-0.3, -0.25) is 5.84 Å².